The number of carboxylic acids is 1. The minimum atomic E-state index is -0.823. The third-order valence-corrected chi connectivity index (χ3v) is 6.63. The molecule has 0 radical (unpaired) electrons. The summed E-state index contributed by atoms with van der Waals surface area (Å²) < 4.78 is 7.44. The molecule has 1 N–H and O–H groups in total. The van der Waals surface area contributed by atoms with Gasteiger partial charge in [0, 0.05) is 29.6 Å². The zero-order chi connectivity index (χ0) is 27.8. The van der Waals surface area contributed by atoms with Crippen molar-refractivity contribution in [3.05, 3.63) is 94.4 Å². The number of hydrogen-bond acceptors (Lipinski definition) is 4. The molecule has 1 aromatic heterocycles. The summed E-state index contributed by atoms with van der Waals surface area (Å²) in [5.74, 6) is 0.648. The van der Waals surface area contributed by atoms with Crippen molar-refractivity contribution >= 4 is 47.1 Å². The molecule has 0 aliphatic heterocycles. The second-order valence-corrected chi connectivity index (χ2v) is 9.80. The predicted molar refractivity (Wildman–Crippen MR) is 156 cm³/mol. The van der Waals surface area contributed by atoms with Crippen molar-refractivity contribution in [2.45, 2.75) is 32.7 Å². The summed E-state index contributed by atoms with van der Waals surface area (Å²) in [4.78, 5) is 27.5. The Morgan fingerprint density at radius 1 is 0.974 bits per heavy atom. The molecule has 6 nitrogen and oxygen atoms in total. The van der Waals surface area contributed by atoms with Crippen LogP contribution in [0, 0.1) is 0 Å². The molecule has 8 heteroatoms. The number of Topliss-reactive ketones (excluding diaryl/α,β-unsaturated/α-hetero) is 1. The molecular weight excluding hydrogens is 535 g/mol. The number of carbonyl (C=O) groups is 2. The number of rotatable bonds is 12. The van der Waals surface area contributed by atoms with Crippen molar-refractivity contribution in [1.29, 1.82) is 0 Å². The van der Waals surface area contributed by atoms with Crippen LogP contribution in [0.1, 0.15) is 37.6 Å². The molecule has 3 aromatic carbocycles. The summed E-state index contributed by atoms with van der Waals surface area (Å²) in [6.45, 7) is 2.44. The number of benzene rings is 3. The van der Waals surface area contributed by atoms with E-state index in [1.54, 1.807) is 12.1 Å². The van der Waals surface area contributed by atoms with E-state index in [4.69, 9.17) is 38.0 Å². The molecule has 0 fully saturated rings. The van der Waals surface area contributed by atoms with Crippen molar-refractivity contribution in [3.8, 4) is 28.1 Å². The first kappa shape index (κ1) is 28.1. The smallest absolute Gasteiger partial charge is 0.303 e. The molecule has 4 aromatic rings. The van der Waals surface area contributed by atoms with E-state index in [0.717, 1.165) is 22.3 Å². The zero-order valence-corrected chi connectivity index (χ0v) is 23.0. The van der Waals surface area contributed by atoms with Crippen LogP contribution in [0.2, 0.25) is 10.0 Å². The summed E-state index contributed by atoms with van der Waals surface area (Å²) >= 11 is 12.4. The van der Waals surface area contributed by atoms with Crippen LogP contribution in [0.3, 0.4) is 0 Å². The normalized spacial score (nSPS) is 11.2. The lowest BCUT2D eigenvalue weighted by molar-refractivity contribution is -0.137. The zero-order valence-electron chi connectivity index (χ0n) is 21.4. The van der Waals surface area contributed by atoms with Crippen LogP contribution in [0.4, 0.5) is 0 Å². The molecule has 0 atom stereocenters. The largest absolute Gasteiger partial charge is 0.494 e. The number of halogens is 2. The number of imidazole rings is 1. The molecule has 0 unspecified atom stereocenters. The van der Waals surface area contributed by atoms with Gasteiger partial charge in [-0.2, -0.15) is 0 Å². The predicted octanol–water partition coefficient (Wildman–Crippen LogP) is 7.92. The summed E-state index contributed by atoms with van der Waals surface area (Å²) in [6, 6.07) is 21.1. The van der Waals surface area contributed by atoms with Crippen LogP contribution in [-0.2, 0) is 16.1 Å². The highest BCUT2D eigenvalue weighted by atomic mass is 35.5. The quantitative estimate of drug-likeness (QED) is 0.177. The number of nitrogens with zero attached hydrogens (tertiary/aromatic N) is 2. The number of carboxylic acid groups (broad SMARTS) is 1. The number of aromatic nitrogens is 2. The Morgan fingerprint density at radius 2 is 1.67 bits per heavy atom. The van der Waals surface area contributed by atoms with Crippen molar-refractivity contribution in [3.63, 3.8) is 0 Å². The first-order valence-corrected chi connectivity index (χ1v) is 13.4. The number of ketones is 1. The van der Waals surface area contributed by atoms with Crippen molar-refractivity contribution < 1.29 is 19.4 Å². The van der Waals surface area contributed by atoms with Gasteiger partial charge in [-0.05, 0) is 59.5 Å². The van der Waals surface area contributed by atoms with E-state index in [2.05, 4.69) is 0 Å². The van der Waals surface area contributed by atoms with E-state index in [-0.39, 0.29) is 18.7 Å². The fourth-order valence-corrected chi connectivity index (χ4v) is 4.44. The maximum atomic E-state index is 12.2. The third kappa shape index (κ3) is 7.82. The molecule has 39 heavy (non-hydrogen) atoms. The van der Waals surface area contributed by atoms with Gasteiger partial charge in [0.15, 0.2) is 5.78 Å². The second kappa shape index (κ2) is 13.3. The summed E-state index contributed by atoms with van der Waals surface area (Å²) in [5.41, 5.74) is 4.50. The Balaban J connectivity index is 1.48. The monoisotopic (exact) mass is 562 g/mol. The Kier molecular flexibility index (Phi) is 9.58. The van der Waals surface area contributed by atoms with Gasteiger partial charge in [-0.1, -0.05) is 72.6 Å². The Hall–Kier alpha value is -3.87. The highest BCUT2D eigenvalue weighted by Gasteiger charge is 2.13. The van der Waals surface area contributed by atoms with Crippen molar-refractivity contribution in [2.75, 3.05) is 6.61 Å². The summed E-state index contributed by atoms with van der Waals surface area (Å²) in [6.07, 6.45) is 6.69. The van der Waals surface area contributed by atoms with Crippen LogP contribution in [0.5, 0.6) is 5.75 Å². The summed E-state index contributed by atoms with van der Waals surface area (Å²) in [5, 5.41) is 9.76. The molecule has 4 rings (SSSR count). The highest BCUT2D eigenvalue weighted by Crippen LogP contribution is 2.30. The molecular formula is C31H28Cl2N2O4. The second-order valence-electron chi connectivity index (χ2n) is 8.95. The number of aliphatic carboxylic acids is 1. The van der Waals surface area contributed by atoms with Gasteiger partial charge in [0.05, 0.1) is 23.9 Å². The van der Waals surface area contributed by atoms with Gasteiger partial charge in [0.25, 0.3) is 0 Å². The van der Waals surface area contributed by atoms with E-state index < -0.39 is 5.97 Å². The molecule has 0 saturated heterocycles. The van der Waals surface area contributed by atoms with Gasteiger partial charge in [-0.25, -0.2) is 4.98 Å². The first-order chi connectivity index (χ1) is 18.8. The third-order valence-electron chi connectivity index (χ3n) is 6.08. The van der Waals surface area contributed by atoms with Gasteiger partial charge in [-0.15, -0.1) is 0 Å². The average Bonchev–Trinajstić information content (AvgIpc) is 3.32. The first-order valence-electron chi connectivity index (χ1n) is 12.6. The molecule has 0 bridgehead atoms. The molecule has 0 amide bonds. The highest BCUT2D eigenvalue weighted by molar-refractivity contribution is 6.36. The fourth-order valence-electron chi connectivity index (χ4n) is 3.93. The molecule has 0 aliphatic carbocycles. The van der Waals surface area contributed by atoms with E-state index >= 15 is 0 Å². The molecule has 200 valence electrons. The minimum absolute atomic E-state index is 0.0928. The van der Waals surface area contributed by atoms with Crippen LogP contribution in [-0.4, -0.2) is 33.0 Å². The van der Waals surface area contributed by atoms with Gasteiger partial charge < -0.3 is 14.4 Å². The van der Waals surface area contributed by atoms with E-state index in [1.165, 1.54) is 0 Å². The van der Waals surface area contributed by atoms with Crippen LogP contribution >= 0.6 is 23.2 Å². The van der Waals surface area contributed by atoms with Gasteiger partial charge in [-0.3, -0.25) is 9.59 Å². The average molecular weight is 563 g/mol. The molecule has 0 spiro atoms. The standard InChI is InChI=1S/C31H28Cl2N2O4/c1-2-25(36)19-35-20-29(27-15-12-24(32)18-28(27)33)34-30(35)16-7-21-5-8-22(9-6-21)23-10-13-26(14-11-23)39-17-3-4-31(37)38/h5-16,18,20H,2-4,17,19H2,1H3,(H,37,38)/b16-7+. The molecule has 0 aliphatic rings. The van der Waals surface area contributed by atoms with Crippen molar-refractivity contribution in [2.24, 2.45) is 0 Å². The maximum absolute atomic E-state index is 12.2. The SMILES string of the molecule is CCC(=O)Cn1cc(-c2ccc(Cl)cc2Cl)nc1/C=C/c1ccc(-c2ccc(OCCCC(=O)O)cc2)cc1. The topological polar surface area (TPSA) is 81.4 Å². The van der Waals surface area contributed by atoms with Crippen LogP contribution in [0.15, 0.2) is 72.9 Å². The van der Waals surface area contributed by atoms with Crippen LogP contribution < -0.4 is 4.74 Å². The van der Waals surface area contributed by atoms with Gasteiger partial charge >= 0.3 is 5.97 Å². The lowest BCUT2D eigenvalue weighted by Gasteiger charge is -2.07. The molecule has 1 heterocycles. The van der Waals surface area contributed by atoms with Crippen molar-refractivity contribution in [1.82, 2.24) is 9.55 Å². The van der Waals surface area contributed by atoms with E-state index in [0.29, 0.717) is 46.8 Å². The number of hydrogen-bond donors (Lipinski definition) is 1. The van der Waals surface area contributed by atoms with Crippen LogP contribution in [0.25, 0.3) is 34.5 Å². The maximum Gasteiger partial charge on any atom is 0.303 e. The number of ether oxygens (including phenoxy) is 1. The van der Waals surface area contributed by atoms with E-state index in [9.17, 15) is 9.59 Å². The Bertz CT molecular complexity index is 1480. The minimum Gasteiger partial charge on any atom is -0.494 e. The fraction of sp³-hybridized carbons (Fsp3) is 0.194. The number of carbonyl (C=O) groups excluding carboxylic acids is 1. The van der Waals surface area contributed by atoms with Gasteiger partial charge in [0.1, 0.15) is 11.6 Å². The Morgan fingerprint density at radius 3 is 2.31 bits per heavy atom. The lowest BCUT2D eigenvalue weighted by atomic mass is 10.0. The Labute approximate surface area is 237 Å². The summed E-state index contributed by atoms with van der Waals surface area (Å²) in [7, 11) is 0. The molecule has 0 saturated carbocycles. The van der Waals surface area contributed by atoms with E-state index in [1.807, 2.05) is 84.4 Å². The lowest BCUT2D eigenvalue weighted by Crippen LogP contribution is -2.09. The van der Waals surface area contributed by atoms with Gasteiger partial charge in [0.2, 0.25) is 0 Å².